The van der Waals surface area contributed by atoms with Crippen LogP contribution in [0.4, 0.5) is 5.69 Å². The Morgan fingerprint density at radius 1 is 1.56 bits per heavy atom. The molecule has 0 aliphatic rings. The summed E-state index contributed by atoms with van der Waals surface area (Å²) in [4.78, 5) is 32.5. The van der Waals surface area contributed by atoms with E-state index in [0.717, 1.165) is 10.6 Å². The standard InChI is InChI=1S/C9H11N3O4/c1-6-3-4-7(12(15)16)9(14)11(6)5-8(13)10-2/h3-4H,5H2,1-2H3,(H,10,13). The number of pyridine rings is 1. The number of amides is 1. The molecule has 0 aliphatic carbocycles. The van der Waals surface area contributed by atoms with Gasteiger partial charge in [0.2, 0.25) is 5.91 Å². The molecule has 0 unspecified atom stereocenters. The molecule has 0 atom stereocenters. The summed E-state index contributed by atoms with van der Waals surface area (Å²) in [6, 6.07) is 2.57. The van der Waals surface area contributed by atoms with Gasteiger partial charge in [0.15, 0.2) is 0 Å². The largest absolute Gasteiger partial charge is 0.358 e. The number of rotatable bonds is 3. The Morgan fingerprint density at radius 2 is 2.19 bits per heavy atom. The Kier molecular flexibility index (Phi) is 3.39. The summed E-state index contributed by atoms with van der Waals surface area (Å²) in [6.07, 6.45) is 0. The third-order valence-corrected chi connectivity index (χ3v) is 2.15. The fraction of sp³-hybridized carbons (Fsp3) is 0.333. The highest BCUT2D eigenvalue weighted by Crippen LogP contribution is 2.05. The lowest BCUT2D eigenvalue weighted by molar-refractivity contribution is -0.386. The lowest BCUT2D eigenvalue weighted by atomic mass is 10.3. The Morgan fingerprint density at radius 3 is 2.69 bits per heavy atom. The Hall–Kier alpha value is -2.18. The van der Waals surface area contributed by atoms with Crippen LogP contribution in [0.5, 0.6) is 0 Å². The van der Waals surface area contributed by atoms with Crippen LogP contribution in [-0.4, -0.2) is 22.4 Å². The number of hydrogen-bond donors (Lipinski definition) is 1. The fourth-order valence-corrected chi connectivity index (χ4v) is 1.22. The molecule has 0 bridgehead atoms. The van der Waals surface area contributed by atoms with Gasteiger partial charge in [-0.25, -0.2) is 0 Å². The number of nitrogens with zero attached hydrogens (tertiary/aromatic N) is 2. The first-order chi connectivity index (χ1) is 7.47. The Balaban J connectivity index is 3.27. The van der Waals surface area contributed by atoms with E-state index < -0.39 is 16.2 Å². The van der Waals surface area contributed by atoms with Crippen molar-refractivity contribution in [2.24, 2.45) is 0 Å². The van der Waals surface area contributed by atoms with Crippen molar-refractivity contribution in [2.45, 2.75) is 13.5 Å². The maximum Gasteiger partial charge on any atom is 0.334 e. The van der Waals surface area contributed by atoms with E-state index in [1.807, 2.05) is 0 Å². The van der Waals surface area contributed by atoms with Crippen LogP contribution in [0, 0.1) is 17.0 Å². The van der Waals surface area contributed by atoms with Gasteiger partial charge < -0.3 is 5.32 Å². The van der Waals surface area contributed by atoms with Crippen molar-refractivity contribution < 1.29 is 9.72 Å². The van der Waals surface area contributed by atoms with E-state index >= 15 is 0 Å². The number of likely N-dealkylation sites (N-methyl/N-ethyl adjacent to an activating group) is 1. The molecular weight excluding hydrogens is 214 g/mol. The van der Waals surface area contributed by atoms with Crippen LogP contribution in [0.1, 0.15) is 5.69 Å². The first-order valence-corrected chi connectivity index (χ1v) is 4.52. The Labute approximate surface area is 90.8 Å². The highest BCUT2D eigenvalue weighted by atomic mass is 16.6. The number of hydrogen-bond acceptors (Lipinski definition) is 4. The molecule has 7 heteroatoms. The monoisotopic (exact) mass is 225 g/mol. The minimum absolute atomic E-state index is 0.219. The van der Waals surface area contributed by atoms with Crippen molar-refractivity contribution in [2.75, 3.05) is 7.05 Å². The van der Waals surface area contributed by atoms with Crippen molar-refractivity contribution in [3.63, 3.8) is 0 Å². The highest BCUT2D eigenvalue weighted by Gasteiger charge is 2.16. The molecule has 1 aromatic rings. The van der Waals surface area contributed by atoms with Crippen LogP contribution in [0.2, 0.25) is 0 Å². The number of nitro groups is 1. The van der Waals surface area contributed by atoms with Crippen molar-refractivity contribution in [1.82, 2.24) is 9.88 Å². The van der Waals surface area contributed by atoms with Gasteiger partial charge in [-0.3, -0.25) is 24.3 Å². The molecule has 16 heavy (non-hydrogen) atoms. The first-order valence-electron chi connectivity index (χ1n) is 4.52. The summed E-state index contributed by atoms with van der Waals surface area (Å²) in [7, 11) is 1.43. The third kappa shape index (κ3) is 2.25. The van der Waals surface area contributed by atoms with Gasteiger partial charge in [-0.05, 0) is 13.0 Å². The molecule has 0 radical (unpaired) electrons. The average molecular weight is 225 g/mol. The predicted molar refractivity (Wildman–Crippen MR) is 56.2 cm³/mol. The van der Waals surface area contributed by atoms with Crippen molar-refractivity contribution in [3.05, 3.63) is 38.3 Å². The predicted octanol–water partition coefficient (Wildman–Crippen LogP) is -0.189. The fourth-order valence-electron chi connectivity index (χ4n) is 1.22. The van der Waals surface area contributed by atoms with Crippen LogP contribution < -0.4 is 10.9 Å². The zero-order valence-corrected chi connectivity index (χ0v) is 8.89. The van der Waals surface area contributed by atoms with Crippen molar-refractivity contribution in [3.8, 4) is 0 Å². The van der Waals surface area contributed by atoms with E-state index in [0.29, 0.717) is 5.69 Å². The van der Waals surface area contributed by atoms with E-state index in [-0.39, 0.29) is 12.5 Å². The van der Waals surface area contributed by atoms with Gasteiger partial charge in [0.25, 0.3) is 0 Å². The lowest BCUT2D eigenvalue weighted by Crippen LogP contribution is -2.32. The zero-order chi connectivity index (χ0) is 12.3. The molecule has 1 heterocycles. The second-order valence-electron chi connectivity index (χ2n) is 3.18. The Bertz CT molecular complexity index is 492. The summed E-state index contributed by atoms with van der Waals surface area (Å²) in [5.41, 5.74) is -0.803. The van der Waals surface area contributed by atoms with E-state index in [9.17, 15) is 19.7 Å². The molecule has 1 N–H and O–H groups in total. The highest BCUT2D eigenvalue weighted by molar-refractivity contribution is 5.75. The summed E-state index contributed by atoms with van der Waals surface area (Å²) in [6.45, 7) is 1.39. The van der Waals surface area contributed by atoms with Gasteiger partial charge in [0.05, 0.1) is 4.92 Å². The first kappa shape index (κ1) is 11.9. The van der Waals surface area contributed by atoms with Gasteiger partial charge >= 0.3 is 11.2 Å². The number of aryl methyl sites for hydroxylation is 1. The maximum atomic E-state index is 11.6. The van der Waals surface area contributed by atoms with Crippen molar-refractivity contribution in [1.29, 1.82) is 0 Å². The number of carbonyl (C=O) groups excluding carboxylic acids is 1. The van der Waals surface area contributed by atoms with E-state index in [2.05, 4.69) is 5.32 Å². The maximum absolute atomic E-state index is 11.6. The second-order valence-corrected chi connectivity index (χ2v) is 3.18. The molecule has 7 nitrogen and oxygen atoms in total. The molecule has 0 saturated heterocycles. The van der Waals surface area contributed by atoms with Crippen LogP contribution in [0.25, 0.3) is 0 Å². The van der Waals surface area contributed by atoms with E-state index in [4.69, 9.17) is 0 Å². The topological polar surface area (TPSA) is 94.2 Å². The molecule has 1 rings (SSSR count). The molecule has 0 spiro atoms. The van der Waals surface area contributed by atoms with E-state index in [1.165, 1.54) is 13.1 Å². The smallest absolute Gasteiger partial charge is 0.334 e. The summed E-state index contributed by atoms with van der Waals surface area (Å²) >= 11 is 0. The quantitative estimate of drug-likeness (QED) is 0.569. The molecule has 1 amide bonds. The van der Waals surface area contributed by atoms with Crippen molar-refractivity contribution >= 4 is 11.6 Å². The van der Waals surface area contributed by atoms with Crippen LogP contribution in [0.3, 0.4) is 0 Å². The third-order valence-electron chi connectivity index (χ3n) is 2.15. The molecule has 1 aromatic heterocycles. The zero-order valence-electron chi connectivity index (χ0n) is 8.89. The van der Waals surface area contributed by atoms with Gasteiger partial charge in [-0.1, -0.05) is 0 Å². The summed E-state index contributed by atoms with van der Waals surface area (Å²) in [5.74, 6) is -0.384. The molecule has 0 saturated carbocycles. The normalized spacial score (nSPS) is 9.88. The van der Waals surface area contributed by atoms with Gasteiger partial charge in [-0.2, -0.15) is 0 Å². The number of carbonyl (C=O) groups is 1. The molecule has 0 aliphatic heterocycles. The SMILES string of the molecule is CNC(=O)Cn1c(C)ccc([N+](=O)[O-])c1=O. The van der Waals surface area contributed by atoms with Crippen LogP contribution >= 0.6 is 0 Å². The van der Waals surface area contributed by atoms with Gasteiger partial charge in [0.1, 0.15) is 6.54 Å². The molecule has 0 fully saturated rings. The van der Waals surface area contributed by atoms with Crippen LogP contribution in [0.15, 0.2) is 16.9 Å². The van der Waals surface area contributed by atoms with E-state index in [1.54, 1.807) is 6.92 Å². The lowest BCUT2D eigenvalue weighted by Gasteiger charge is -2.07. The average Bonchev–Trinajstić information content (AvgIpc) is 2.23. The van der Waals surface area contributed by atoms with Crippen LogP contribution in [-0.2, 0) is 11.3 Å². The summed E-state index contributed by atoms with van der Waals surface area (Å²) < 4.78 is 1.07. The number of nitrogens with one attached hydrogen (secondary N) is 1. The summed E-state index contributed by atoms with van der Waals surface area (Å²) in [5, 5.41) is 12.9. The van der Waals surface area contributed by atoms with Gasteiger partial charge in [-0.15, -0.1) is 0 Å². The minimum atomic E-state index is -0.770. The molecule has 86 valence electrons. The molecule has 0 aromatic carbocycles. The second kappa shape index (κ2) is 4.56. The molecular formula is C9H11N3O4. The van der Waals surface area contributed by atoms with Gasteiger partial charge in [0, 0.05) is 18.8 Å². The minimum Gasteiger partial charge on any atom is -0.358 e. The number of aromatic nitrogens is 1.